The lowest BCUT2D eigenvalue weighted by Crippen LogP contribution is -3.13. The molecule has 0 bridgehead atoms. The fraction of sp³-hybridized carbons (Fsp3) is 0.318. The van der Waals surface area contributed by atoms with Crippen LogP contribution in [0.4, 0.5) is 0 Å². The molecule has 2 aliphatic rings. The normalized spacial score (nSPS) is 16.4. The Morgan fingerprint density at radius 3 is 2.69 bits per heavy atom. The van der Waals surface area contributed by atoms with Gasteiger partial charge in [-0.2, -0.15) is 0 Å². The molecule has 0 radical (unpaired) electrons. The van der Waals surface area contributed by atoms with Crippen molar-refractivity contribution in [2.45, 2.75) is 6.54 Å². The van der Waals surface area contributed by atoms with Crippen LogP contribution in [0.15, 0.2) is 42.5 Å². The molecule has 0 atom stereocenters. The lowest BCUT2D eigenvalue weighted by atomic mass is 10.1. The summed E-state index contributed by atoms with van der Waals surface area (Å²) in [6.45, 7) is 4.48. The van der Waals surface area contributed by atoms with Crippen molar-refractivity contribution in [3.8, 4) is 17.2 Å². The van der Waals surface area contributed by atoms with Gasteiger partial charge in [-0.05, 0) is 48.0 Å². The number of hydrogen-bond donors (Lipinski definition) is 1. The van der Waals surface area contributed by atoms with Crippen LogP contribution < -0.4 is 19.1 Å². The third-order valence-electron chi connectivity index (χ3n) is 5.26. The topological polar surface area (TPSA) is 52.4 Å². The molecule has 1 fully saturated rings. The van der Waals surface area contributed by atoms with Gasteiger partial charge in [-0.25, -0.2) is 0 Å². The van der Waals surface area contributed by atoms with Crippen LogP contribution in [0.25, 0.3) is 6.08 Å². The third-order valence-corrected chi connectivity index (χ3v) is 5.54. The maximum absolute atomic E-state index is 12.6. The molecule has 0 aliphatic carbocycles. The standard InChI is InChI=1S/C22H23ClN2O4/c1-27-18-5-2-16(3-6-18)14-24-8-10-25(11-9-24)21(26)7-4-17-12-19(23)22-20(13-17)28-15-29-22/h2-7,12-13H,8-11,14-15H2,1H3/p+1/b7-4+. The summed E-state index contributed by atoms with van der Waals surface area (Å²) in [5.74, 6) is 2.06. The van der Waals surface area contributed by atoms with Gasteiger partial charge >= 0.3 is 0 Å². The van der Waals surface area contributed by atoms with Crippen molar-refractivity contribution < 1.29 is 23.9 Å². The second kappa shape index (κ2) is 8.76. The Morgan fingerprint density at radius 2 is 1.97 bits per heavy atom. The average molecular weight is 416 g/mol. The van der Waals surface area contributed by atoms with Gasteiger partial charge in [0.05, 0.1) is 38.3 Å². The first kappa shape index (κ1) is 19.6. The van der Waals surface area contributed by atoms with Crippen molar-refractivity contribution in [2.24, 2.45) is 0 Å². The van der Waals surface area contributed by atoms with Crippen molar-refractivity contribution in [3.63, 3.8) is 0 Å². The number of rotatable bonds is 5. The van der Waals surface area contributed by atoms with E-state index in [1.807, 2.05) is 23.1 Å². The Bertz CT molecular complexity index is 906. The lowest BCUT2D eigenvalue weighted by Gasteiger charge is -2.31. The van der Waals surface area contributed by atoms with E-state index in [1.54, 1.807) is 25.3 Å². The molecule has 29 heavy (non-hydrogen) atoms. The van der Waals surface area contributed by atoms with Crippen LogP contribution in [0, 0.1) is 0 Å². The molecule has 1 N–H and O–H groups in total. The number of carbonyl (C=O) groups excluding carboxylic acids is 1. The summed E-state index contributed by atoms with van der Waals surface area (Å²) in [5.41, 5.74) is 2.09. The SMILES string of the molecule is COc1ccc(C[NH+]2CCN(C(=O)/C=C/c3cc(Cl)c4c(c3)OCO4)CC2)cc1. The highest BCUT2D eigenvalue weighted by Crippen LogP contribution is 2.40. The molecule has 2 aromatic rings. The molecule has 0 unspecified atom stereocenters. The summed E-state index contributed by atoms with van der Waals surface area (Å²) in [4.78, 5) is 15.9. The van der Waals surface area contributed by atoms with E-state index in [4.69, 9.17) is 25.8 Å². The first-order valence-corrected chi connectivity index (χ1v) is 10.0. The number of nitrogens with one attached hydrogen (secondary N) is 1. The van der Waals surface area contributed by atoms with Crippen LogP contribution >= 0.6 is 11.6 Å². The zero-order valence-corrected chi connectivity index (χ0v) is 17.1. The van der Waals surface area contributed by atoms with Gasteiger partial charge in [0.1, 0.15) is 12.3 Å². The van der Waals surface area contributed by atoms with Gasteiger partial charge < -0.3 is 24.0 Å². The largest absolute Gasteiger partial charge is 0.497 e. The van der Waals surface area contributed by atoms with Gasteiger partial charge in [-0.1, -0.05) is 11.6 Å². The van der Waals surface area contributed by atoms with Crippen molar-refractivity contribution in [1.82, 2.24) is 4.90 Å². The predicted molar refractivity (Wildman–Crippen MR) is 111 cm³/mol. The van der Waals surface area contributed by atoms with Gasteiger partial charge in [0.15, 0.2) is 11.5 Å². The van der Waals surface area contributed by atoms with E-state index in [0.717, 1.165) is 44.0 Å². The van der Waals surface area contributed by atoms with Crippen LogP contribution in [0.5, 0.6) is 17.2 Å². The zero-order valence-electron chi connectivity index (χ0n) is 16.3. The first-order chi connectivity index (χ1) is 14.1. The Morgan fingerprint density at radius 1 is 1.21 bits per heavy atom. The number of benzene rings is 2. The minimum absolute atomic E-state index is 0.0160. The molecule has 152 valence electrons. The summed E-state index contributed by atoms with van der Waals surface area (Å²) in [6.07, 6.45) is 3.37. The minimum Gasteiger partial charge on any atom is -0.497 e. The molecule has 1 saturated heterocycles. The number of methoxy groups -OCH3 is 1. The van der Waals surface area contributed by atoms with Crippen LogP contribution in [0.2, 0.25) is 5.02 Å². The molecule has 0 spiro atoms. The molecule has 1 amide bonds. The van der Waals surface area contributed by atoms with Crippen molar-refractivity contribution in [1.29, 1.82) is 0 Å². The molecule has 7 heteroatoms. The van der Waals surface area contributed by atoms with Gasteiger partial charge in [0.2, 0.25) is 12.7 Å². The number of carbonyl (C=O) groups is 1. The van der Waals surface area contributed by atoms with E-state index >= 15 is 0 Å². The second-order valence-corrected chi connectivity index (χ2v) is 7.58. The summed E-state index contributed by atoms with van der Waals surface area (Å²) < 4.78 is 15.9. The van der Waals surface area contributed by atoms with E-state index in [0.29, 0.717) is 16.5 Å². The number of fused-ring (bicyclic) bond motifs is 1. The second-order valence-electron chi connectivity index (χ2n) is 7.17. The Balaban J connectivity index is 1.30. The van der Waals surface area contributed by atoms with Crippen molar-refractivity contribution in [2.75, 3.05) is 40.1 Å². The maximum atomic E-state index is 12.6. The van der Waals surface area contributed by atoms with Gasteiger partial charge in [0.25, 0.3) is 0 Å². The predicted octanol–water partition coefficient (Wildman–Crippen LogP) is 2.02. The van der Waals surface area contributed by atoms with Gasteiger partial charge in [0, 0.05) is 11.6 Å². The summed E-state index contributed by atoms with van der Waals surface area (Å²) in [5, 5.41) is 0.489. The van der Waals surface area contributed by atoms with E-state index < -0.39 is 0 Å². The lowest BCUT2D eigenvalue weighted by molar-refractivity contribution is -0.917. The smallest absolute Gasteiger partial charge is 0.246 e. The fourth-order valence-corrected chi connectivity index (χ4v) is 3.88. The van der Waals surface area contributed by atoms with Crippen LogP contribution in [-0.4, -0.2) is 50.9 Å². The van der Waals surface area contributed by atoms with Gasteiger partial charge in [-0.15, -0.1) is 0 Å². The van der Waals surface area contributed by atoms with Crippen molar-refractivity contribution >= 4 is 23.6 Å². The molecule has 2 aliphatic heterocycles. The van der Waals surface area contributed by atoms with Crippen LogP contribution in [0.1, 0.15) is 11.1 Å². The highest BCUT2D eigenvalue weighted by atomic mass is 35.5. The number of halogens is 1. The number of ether oxygens (including phenoxy) is 3. The van der Waals surface area contributed by atoms with Crippen LogP contribution in [-0.2, 0) is 11.3 Å². The molecule has 2 heterocycles. The highest BCUT2D eigenvalue weighted by Gasteiger charge is 2.23. The molecule has 0 aromatic heterocycles. The number of quaternary nitrogens is 1. The Kier molecular flexibility index (Phi) is 5.92. The molecular formula is C22H24ClN2O4+. The maximum Gasteiger partial charge on any atom is 0.246 e. The quantitative estimate of drug-likeness (QED) is 0.759. The van der Waals surface area contributed by atoms with Crippen LogP contribution in [0.3, 0.4) is 0 Å². The summed E-state index contributed by atoms with van der Waals surface area (Å²) in [6, 6.07) is 11.8. The molecule has 2 aromatic carbocycles. The Hall–Kier alpha value is -2.70. The van der Waals surface area contributed by atoms with E-state index in [-0.39, 0.29) is 12.7 Å². The summed E-state index contributed by atoms with van der Waals surface area (Å²) >= 11 is 6.19. The third kappa shape index (κ3) is 4.66. The fourth-order valence-electron chi connectivity index (χ4n) is 3.61. The number of nitrogens with zero attached hydrogens (tertiary/aromatic N) is 1. The van der Waals surface area contributed by atoms with Crippen molar-refractivity contribution in [3.05, 3.63) is 58.6 Å². The number of piperazine rings is 1. The average Bonchev–Trinajstić information content (AvgIpc) is 3.22. The van der Waals surface area contributed by atoms with Gasteiger partial charge in [-0.3, -0.25) is 4.79 Å². The minimum atomic E-state index is 0.0160. The number of hydrogen-bond acceptors (Lipinski definition) is 4. The Labute approximate surface area is 175 Å². The van der Waals surface area contributed by atoms with E-state index in [2.05, 4.69) is 12.1 Å². The first-order valence-electron chi connectivity index (χ1n) is 9.65. The zero-order chi connectivity index (χ0) is 20.2. The molecule has 4 rings (SSSR count). The molecular weight excluding hydrogens is 392 g/mol. The highest BCUT2D eigenvalue weighted by molar-refractivity contribution is 6.32. The summed E-state index contributed by atoms with van der Waals surface area (Å²) in [7, 11) is 1.67. The molecule has 6 nitrogen and oxygen atoms in total. The van der Waals surface area contributed by atoms with E-state index in [1.165, 1.54) is 10.5 Å². The monoisotopic (exact) mass is 415 g/mol. The molecule has 0 saturated carbocycles. The number of amides is 1. The van der Waals surface area contributed by atoms with E-state index in [9.17, 15) is 4.79 Å².